The molecule has 0 spiro atoms. The highest BCUT2D eigenvalue weighted by Crippen LogP contribution is 2.39. The van der Waals surface area contributed by atoms with E-state index in [1.54, 1.807) is 12.1 Å². The van der Waals surface area contributed by atoms with Gasteiger partial charge in [-0.15, -0.1) is 0 Å². The average molecular weight is 383 g/mol. The lowest BCUT2D eigenvalue weighted by molar-refractivity contribution is -0.384. The molecule has 0 aliphatic carbocycles. The summed E-state index contributed by atoms with van der Waals surface area (Å²) in [5, 5.41) is 18.0. The summed E-state index contributed by atoms with van der Waals surface area (Å²) in [4.78, 5) is 10.7. The predicted octanol–water partition coefficient (Wildman–Crippen LogP) is 5.90. The Kier molecular flexibility index (Phi) is 4.96. The summed E-state index contributed by atoms with van der Waals surface area (Å²) < 4.78 is 0. The first kappa shape index (κ1) is 18.6. The molecule has 4 rings (SSSR count). The second kappa shape index (κ2) is 7.72. The van der Waals surface area contributed by atoms with E-state index in [-0.39, 0.29) is 16.7 Å². The Labute approximate surface area is 169 Å². The van der Waals surface area contributed by atoms with Gasteiger partial charge in [-0.1, -0.05) is 60.7 Å². The molecule has 0 aromatic heterocycles. The number of non-ortho nitro benzene ring substituents is 1. The fourth-order valence-electron chi connectivity index (χ4n) is 3.65. The fourth-order valence-corrected chi connectivity index (χ4v) is 3.65. The third-order valence-corrected chi connectivity index (χ3v) is 5.30. The first-order chi connectivity index (χ1) is 14.1. The molecule has 5 heteroatoms. The van der Waals surface area contributed by atoms with Crippen LogP contribution in [-0.2, 0) is 0 Å². The Bertz CT molecular complexity index is 1090. The van der Waals surface area contributed by atoms with Crippen molar-refractivity contribution in [3.8, 4) is 0 Å². The maximum absolute atomic E-state index is 11.1. The summed E-state index contributed by atoms with van der Waals surface area (Å²) in [7, 11) is 0. The van der Waals surface area contributed by atoms with E-state index in [2.05, 4.69) is 26.0 Å². The van der Waals surface area contributed by atoms with Crippen molar-refractivity contribution in [2.45, 2.75) is 19.9 Å². The molecule has 29 heavy (non-hydrogen) atoms. The zero-order valence-electron chi connectivity index (χ0n) is 16.3. The van der Waals surface area contributed by atoms with Crippen LogP contribution in [0.5, 0.6) is 0 Å². The fraction of sp³-hybridized carbons (Fsp3) is 0.125. The smallest absolute Gasteiger partial charge is 0.258 e. The quantitative estimate of drug-likeness (QED) is 0.416. The van der Waals surface area contributed by atoms with Crippen LogP contribution in [0.15, 0.2) is 101 Å². The van der Waals surface area contributed by atoms with Gasteiger partial charge >= 0.3 is 0 Å². The van der Waals surface area contributed by atoms with Gasteiger partial charge in [0.15, 0.2) is 0 Å². The number of allylic oxidation sites excluding steroid dienone is 1. The number of nitrogens with zero attached hydrogens (tertiary/aromatic N) is 3. The van der Waals surface area contributed by atoms with Crippen LogP contribution in [0.4, 0.5) is 11.4 Å². The average Bonchev–Trinajstić information content (AvgIpc) is 2.76. The molecule has 0 amide bonds. The van der Waals surface area contributed by atoms with Crippen molar-refractivity contribution in [1.82, 2.24) is 0 Å². The van der Waals surface area contributed by atoms with Crippen molar-refractivity contribution >= 4 is 17.1 Å². The van der Waals surface area contributed by atoms with E-state index in [4.69, 9.17) is 5.10 Å². The van der Waals surface area contributed by atoms with Crippen molar-refractivity contribution < 1.29 is 4.92 Å². The normalized spacial score (nSPS) is 16.6. The van der Waals surface area contributed by atoms with E-state index >= 15 is 0 Å². The third kappa shape index (κ3) is 3.55. The summed E-state index contributed by atoms with van der Waals surface area (Å²) in [6.45, 7) is 4.23. The molecule has 0 radical (unpaired) electrons. The lowest BCUT2D eigenvalue weighted by atomic mass is 9.89. The number of nitro groups is 1. The molecule has 3 aromatic rings. The standard InChI is InChI=1S/C24H21N3O2/c1-17-18(2)24(20-11-7-4-8-12-20)26(21-13-15-22(16-14-21)27(28)29)25-23(17)19-9-5-3-6-10-19/h3-16,24H,1-2H3. The second-order valence-electron chi connectivity index (χ2n) is 7.05. The van der Waals surface area contributed by atoms with E-state index in [1.807, 2.05) is 53.5 Å². The minimum Gasteiger partial charge on any atom is -0.258 e. The van der Waals surface area contributed by atoms with Gasteiger partial charge < -0.3 is 0 Å². The molecule has 3 aromatic carbocycles. The highest BCUT2D eigenvalue weighted by Gasteiger charge is 2.30. The van der Waals surface area contributed by atoms with E-state index in [0.717, 1.165) is 28.1 Å². The molecule has 1 atom stereocenters. The van der Waals surface area contributed by atoms with E-state index in [1.165, 1.54) is 17.7 Å². The molecule has 1 heterocycles. The number of hydrogen-bond donors (Lipinski definition) is 0. The summed E-state index contributed by atoms with van der Waals surface area (Å²) in [5.74, 6) is 0. The van der Waals surface area contributed by atoms with Gasteiger partial charge in [0.2, 0.25) is 0 Å². The van der Waals surface area contributed by atoms with E-state index in [0.29, 0.717) is 0 Å². The van der Waals surface area contributed by atoms with Crippen LogP contribution in [0.3, 0.4) is 0 Å². The highest BCUT2D eigenvalue weighted by molar-refractivity contribution is 6.13. The topological polar surface area (TPSA) is 58.7 Å². The number of rotatable bonds is 4. The minimum atomic E-state index is -0.386. The van der Waals surface area contributed by atoms with Crippen LogP contribution in [0.1, 0.15) is 31.0 Å². The van der Waals surface area contributed by atoms with Crippen molar-refractivity contribution in [3.05, 3.63) is 117 Å². The van der Waals surface area contributed by atoms with Crippen LogP contribution in [0.2, 0.25) is 0 Å². The lowest BCUT2D eigenvalue weighted by Gasteiger charge is -2.36. The van der Waals surface area contributed by atoms with E-state index < -0.39 is 0 Å². The summed E-state index contributed by atoms with van der Waals surface area (Å²) in [6, 6.07) is 26.8. The largest absolute Gasteiger partial charge is 0.269 e. The van der Waals surface area contributed by atoms with Crippen LogP contribution >= 0.6 is 0 Å². The zero-order valence-corrected chi connectivity index (χ0v) is 16.3. The molecule has 1 aliphatic rings. The molecule has 0 saturated carbocycles. The number of hydrazone groups is 1. The number of hydrogen-bond acceptors (Lipinski definition) is 4. The molecule has 144 valence electrons. The third-order valence-electron chi connectivity index (χ3n) is 5.30. The first-order valence-corrected chi connectivity index (χ1v) is 9.46. The SMILES string of the molecule is CC1=C(C)C(c2ccccc2)N(c2ccc([N+](=O)[O-])cc2)N=C1c1ccccc1. The maximum Gasteiger partial charge on any atom is 0.269 e. The molecule has 0 saturated heterocycles. The summed E-state index contributed by atoms with van der Waals surface area (Å²) in [6.07, 6.45) is 0. The van der Waals surface area contributed by atoms with E-state index in [9.17, 15) is 10.1 Å². The second-order valence-corrected chi connectivity index (χ2v) is 7.05. The van der Waals surface area contributed by atoms with Gasteiger partial charge in [0, 0.05) is 17.7 Å². The van der Waals surface area contributed by atoms with Crippen molar-refractivity contribution in [3.63, 3.8) is 0 Å². The Hall–Kier alpha value is -3.73. The molecule has 1 aliphatic heterocycles. The summed E-state index contributed by atoms with van der Waals surface area (Å²) >= 11 is 0. The predicted molar refractivity (Wildman–Crippen MR) is 116 cm³/mol. The van der Waals surface area contributed by atoms with Crippen molar-refractivity contribution in [2.75, 3.05) is 5.01 Å². The van der Waals surface area contributed by atoms with Gasteiger partial charge in [-0.25, -0.2) is 0 Å². The zero-order chi connectivity index (χ0) is 20.4. The Morgan fingerprint density at radius 1 is 0.862 bits per heavy atom. The molecular formula is C24H21N3O2. The molecule has 1 unspecified atom stereocenters. The van der Waals surface area contributed by atoms with Gasteiger partial charge in [0.05, 0.1) is 22.4 Å². The van der Waals surface area contributed by atoms with Gasteiger partial charge in [-0.3, -0.25) is 15.1 Å². The van der Waals surface area contributed by atoms with Crippen LogP contribution in [-0.4, -0.2) is 10.6 Å². The first-order valence-electron chi connectivity index (χ1n) is 9.46. The molecule has 0 bridgehead atoms. The molecule has 0 N–H and O–H groups in total. The van der Waals surface area contributed by atoms with Crippen LogP contribution in [0.25, 0.3) is 0 Å². The van der Waals surface area contributed by atoms with Gasteiger partial charge in [0.1, 0.15) is 0 Å². The number of anilines is 1. The molecule has 0 fully saturated rings. The molecular weight excluding hydrogens is 362 g/mol. The van der Waals surface area contributed by atoms with Gasteiger partial charge in [-0.05, 0) is 42.7 Å². The summed E-state index contributed by atoms with van der Waals surface area (Å²) in [5.41, 5.74) is 6.30. The van der Waals surface area contributed by atoms with Crippen LogP contribution in [0, 0.1) is 10.1 Å². The Morgan fingerprint density at radius 3 is 2.03 bits per heavy atom. The number of benzene rings is 3. The van der Waals surface area contributed by atoms with Gasteiger partial charge in [0.25, 0.3) is 5.69 Å². The van der Waals surface area contributed by atoms with Gasteiger partial charge in [-0.2, -0.15) is 5.10 Å². The Balaban J connectivity index is 1.87. The molecule has 5 nitrogen and oxygen atoms in total. The minimum absolute atomic E-state index is 0.0673. The van der Waals surface area contributed by atoms with Crippen molar-refractivity contribution in [1.29, 1.82) is 0 Å². The lowest BCUT2D eigenvalue weighted by Crippen LogP contribution is -2.31. The number of nitro benzene ring substituents is 1. The van der Waals surface area contributed by atoms with Crippen molar-refractivity contribution in [2.24, 2.45) is 5.10 Å². The highest BCUT2D eigenvalue weighted by atomic mass is 16.6. The Morgan fingerprint density at radius 2 is 1.45 bits per heavy atom. The van der Waals surface area contributed by atoms with Crippen LogP contribution < -0.4 is 5.01 Å². The monoisotopic (exact) mass is 383 g/mol. The maximum atomic E-state index is 11.1.